The predicted molar refractivity (Wildman–Crippen MR) is 89.4 cm³/mol. The Hall–Kier alpha value is -2.48. The van der Waals surface area contributed by atoms with E-state index in [1.807, 2.05) is 6.07 Å². The molecule has 2 heterocycles. The van der Waals surface area contributed by atoms with Gasteiger partial charge in [-0.3, -0.25) is 14.2 Å². The first-order valence-corrected chi connectivity index (χ1v) is 8.05. The van der Waals surface area contributed by atoms with Crippen molar-refractivity contribution in [2.24, 2.45) is 0 Å². The third kappa shape index (κ3) is 3.70. The Balaban J connectivity index is 1.63. The Kier molecular flexibility index (Phi) is 4.75. The normalized spacial score (nSPS) is 10.9. The van der Waals surface area contributed by atoms with Crippen LogP contribution in [0.1, 0.15) is 17.9 Å². The van der Waals surface area contributed by atoms with Gasteiger partial charge >= 0.3 is 5.97 Å². The van der Waals surface area contributed by atoms with Gasteiger partial charge < -0.3 is 9.26 Å². The lowest BCUT2D eigenvalue weighted by molar-refractivity contribution is -0.145. The third-order valence-corrected chi connectivity index (χ3v) is 3.89. The Morgan fingerprint density at radius 2 is 2.21 bits per heavy atom. The molecule has 24 heavy (non-hydrogen) atoms. The summed E-state index contributed by atoms with van der Waals surface area (Å²) in [5, 5.41) is 4.24. The van der Waals surface area contributed by atoms with Gasteiger partial charge in [0.2, 0.25) is 0 Å². The van der Waals surface area contributed by atoms with Crippen molar-refractivity contribution in [1.29, 1.82) is 0 Å². The number of esters is 1. The minimum absolute atomic E-state index is 0.0496. The first-order chi connectivity index (χ1) is 11.5. The van der Waals surface area contributed by atoms with E-state index < -0.39 is 5.97 Å². The molecule has 0 amide bonds. The van der Waals surface area contributed by atoms with Gasteiger partial charge in [0.05, 0.1) is 23.7 Å². The van der Waals surface area contributed by atoms with E-state index in [2.05, 4.69) is 26.1 Å². The molecule has 3 rings (SSSR count). The molecule has 0 bridgehead atoms. The van der Waals surface area contributed by atoms with Crippen LogP contribution in [0.25, 0.3) is 10.9 Å². The molecule has 0 aliphatic heterocycles. The van der Waals surface area contributed by atoms with Crippen molar-refractivity contribution in [2.75, 3.05) is 0 Å². The monoisotopic (exact) mass is 391 g/mol. The average molecular weight is 392 g/mol. The van der Waals surface area contributed by atoms with Crippen LogP contribution in [0.15, 0.2) is 44.4 Å². The van der Waals surface area contributed by atoms with Gasteiger partial charge in [0.1, 0.15) is 18.1 Å². The zero-order valence-electron chi connectivity index (χ0n) is 12.9. The highest BCUT2D eigenvalue weighted by molar-refractivity contribution is 9.10. The first-order valence-electron chi connectivity index (χ1n) is 7.25. The summed E-state index contributed by atoms with van der Waals surface area (Å²) in [6.07, 6.45) is 1.50. The maximum absolute atomic E-state index is 12.4. The zero-order valence-corrected chi connectivity index (χ0v) is 14.4. The Labute approximate surface area is 145 Å². The molecule has 8 heteroatoms. The number of nitrogens with zero attached hydrogens (tertiary/aromatic N) is 3. The minimum Gasteiger partial charge on any atom is -0.459 e. The molecule has 0 N–H and O–H groups in total. The van der Waals surface area contributed by atoms with E-state index in [1.165, 1.54) is 10.9 Å². The Bertz CT molecular complexity index is 948. The van der Waals surface area contributed by atoms with Crippen molar-refractivity contribution in [1.82, 2.24) is 14.7 Å². The second-order valence-electron chi connectivity index (χ2n) is 5.24. The van der Waals surface area contributed by atoms with Gasteiger partial charge in [-0.2, -0.15) is 0 Å². The molecule has 2 aromatic heterocycles. The highest BCUT2D eigenvalue weighted by Crippen LogP contribution is 2.14. The van der Waals surface area contributed by atoms with Gasteiger partial charge in [0, 0.05) is 17.1 Å². The molecule has 0 radical (unpaired) electrons. The summed E-state index contributed by atoms with van der Waals surface area (Å²) >= 11 is 3.33. The van der Waals surface area contributed by atoms with Crippen LogP contribution in [0.5, 0.6) is 0 Å². The fourth-order valence-electron chi connectivity index (χ4n) is 2.21. The summed E-state index contributed by atoms with van der Waals surface area (Å²) in [5.74, 6) is 0.234. The number of halogens is 1. The van der Waals surface area contributed by atoms with E-state index in [0.717, 1.165) is 4.47 Å². The number of carbonyl (C=O) groups excluding carboxylic acids is 1. The van der Waals surface area contributed by atoms with Crippen LogP contribution in [-0.2, 0) is 22.7 Å². The fraction of sp³-hybridized carbons (Fsp3) is 0.250. The molecule has 3 aromatic rings. The zero-order chi connectivity index (χ0) is 17.1. The van der Waals surface area contributed by atoms with Gasteiger partial charge in [0.15, 0.2) is 0 Å². The Morgan fingerprint density at radius 3 is 2.96 bits per heavy atom. The van der Waals surface area contributed by atoms with Crippen LogP contribution in [-0.4, -0.2) is 20.7 Å². The number of hydrogen-bond donors (Lipinski definition) is 0. The molecule has 7 nitrogen and oxygen atoms in total. The molecular weight excluding hydrogens is 378 g/mol. The van der Waals surface area contributed by atoms with Crippen molar-refractivity contribution in [3.05, 3.63) is 56.9 Å². The lowest BCUT2D eigenvalue weighted by atomic mass is 10.2. The lowest BCUT2D eigenvalue weighted by Crippen LogP contribution is -2.22. The molecule has 0 fully saturated rings. The maximum atomic E-state index is 12.4. The number of ether oxygens (including phenoxy) is 1. The molecular formula is C16H14BrN3O4. The quantitative estimate of drug-likeness (QED) is 0.621. The smallest absolute Gasteiger partial charge is 0.307 e. The molecule has 0 saturated carbocycles. The minimum atomic E-state index is -0.420. The van der Waals surface area contributed by atoms with E-state index >= 15 is 0 Å². The third-order valence-electron chi connectivity index (χ3n) is 3.40. The van der Waals surface area contributed by atoms with Crippen molar-refractivity contribution in [3.63, 3.8) is 0 Å². The number of rotatable bonds is 5. The van der Waals surface area contributed by atoms with Crippen molar-refractivity contribution >= 4 is 32.8 Å². The van der Waals surface area contributed by atoms with Crippen LogP contribution in [0.4, 0.5) is 0 Å². The molecule has 0 atom stereocenters. The molecule has 0 aliphatic rings. The lowest BCUT2D eigenvalue weighted by Gasteiger charge is -2.07. The summed E-state index contributed by atoms with van der Waals surface area (Å²) in [4.78, 5) is 28.4. The molecule has 0 unspecified atom stereocenters. The van der Waals surface area contributed by atoms with Gasteiger partial charge in [-0.1, -0.05) is 21.1 Å². The number of hydrogen-bond acceptors (Lipinski definition) is 6. The molecule has 0 spiro atoms. The van der Waals surface area contributed by atoms with E-state index in [1.54, 1.807) is 25.1 Å². The highest BCUT2D eigenvalue weighted by Gasteiger charge is 2.09. The summed E-state index contributed by atoms with van der Waals surface area (Å²) in [6, 6.07) is 7.00. The van der Waals surface area contributed by atoms with Crippen molar-refractivity contribution in [3.8, 4) is 0 Å². The van der Waals surface area contributed by atoms with E-state index in [-0.39, 0.29) is 25.1 Å². The van der Waals surface area contributed by atoms with Crippen molar-refractivity contribution in [2.45, 2.75) is 26.5 Å². The summed E-state index contributed by atoms with van der Waals surface area (Å²) < 4.78 is 12.2. The maximum Gasteiger partial charge on any atom is 0.307 e. The Morgan fingerprint density at radius 1 is 1.38 bits per heavy atom. The number of aryl methyl sites for hydroxylation is 2. The summed E-state index contributed by atoms with van der Waals surface area (Å²) in [5.41, 5.74) is 0.972. The summed E-state index contributed by atoms with van der Waals surface area (Å²) in [7, 11) is 0. The van der Waals surface area contributed by atoms with E-state index in [4.69, 9.17) is 9.26 Å². The molecule has 0 saturated heterocycles. The number of aromatic nitrogens is 3. The van der Waals surface area contributed by atoms with Gasteiger partial charge in [0.25, 0.3) is 5.56 Å². The number of carbonyl (C=O) groups is 1. The molecule has 1 aromatic carbocycles. The van der Waals surface area contributed by atoms with Gasteiger partial charge in [-0.05, 0) is 25.1 Å². The second kappa shape index (κ2) is 6.96. The summed E-state index contributed by atoms with van der Waals surface area (Å²) in [6.45, 7) is 2.01. The van der Waals surface area contributed by atoms with Crippen LogP contribution >= 0.6 is 15.9 Å². The average Bonchev–Trinajstić information content (AvgIpc) is 2.98. The van der Waals surface area contributed by atoms with E-state index in [0.29, 0.717) is 22.4 Å². The van der Waals surface area contributed by atoms with Crippen LogP contribution in [0.3, 0.4) is 0 Å². The highest BCUT2D eigenvalue weighted by atomic mass is 79.9. The topological polar surface area (TPSA) is 87.2 Å². The standard InChI is InChI=1S/C16H14BrN3O4/c1-10-6-12(19-24-10)8-23-15(21)4-5-20-9-18-14-3-2-11(17)7-13(14)16(20)22/h2-3,6-7,9H,4-5,8H2,1H3. The van der Waals surface area contributed by atoms with E-state index in [9.17, 15) is 9.59 Å². The van der Waals surface area contributed by atoms with Crippen molar-refractivity contribution < 1.29 is 14.1 Å². The number of fused-ring (bicyclic) bond motifs is 1. The van der Waals surface area contributed by atoms with Crippen LogP contribution < -0.4 is 5.56 Å². The largest absolute Gasteiger partial charge is 0.459 e. The predicted octanol–water partition coefficient (Wildman–Crippen LogP) is 2.59. The second-order valence-corrected chi connectivity index (χ2v) is 6.16. The van der Waals surface area contributed by atoms with Gasteiger partial charge in [-0.15, -0.1) is 0 Å². The first kappa shape index (κ1) is 16.4. The molecule has 0 aliphatic carbocycles. The molecule has 124 valence electrons. The number of benzene rings is 1. The SMILES string of the molecule is Cc1cc(COC(=O)CCn2cnc3ccc(Br)cc3c2=O)no1. The van der Waals surface area contributed by atoms with Gasteiger partial charge in [-0.25, -0.2) is 4.98 Å². The van der Waals surface area contributed by atoms with Crippen LogP contribution in [0.2, 0.25) is 0 Å². The fourth-order valence-corrected chi connectivity index (χ4v) is 2.58. The van der Waals surface area contributed by atoms with Crippen LogP contribution in [0, 0.1) is 6.92 Å².